The lowest BCUT2D eigenvalue weighted by atomic mass is 10.2. The molecule has 0 radical (unpaired) electrons. The van der Waals surface area contributed by atoms with E-state index in [1.54, 1.807) is 20.3 Å². The van der Waals surface area contributed by atoms with Gasteiger partial charge in [0.15, 0.2) is 0 Å². The van der Waals surface area contributed by atoms with Crippen molar-refractivity contribution >= 4 is 17.3 Å². The van der Waals surface area contributed by atoms with E-state index in [1.165, 1.54) is 0 Å². The van der Waals surface area contributed by atoms with E-state index in [0.717, 1.165) is 25.1 Å². The minimum Gasteiger partial charge on any atom is -0.495 e. The monoisotopic (exact) mass is 285 g/mol. The third-order valence-electron chi connectivity index (χ3n) is 3.31. The number of anilines is 1. The lowest BCUT2D eigenvalue weighted by Crippen LogP contribution is -2.20. The minimum atomic E-state index is 0.251. The number of methoxy groups -OCH3 is 2. The van der Waals surface area contributed by atoms with Gasteiger partial charge in [-0.05, 0) is 19.8 Å². The summed E-state index contributed by atoms with van der Waals surface area (Å²) in [7, 11) is 3.22. The fourth-order valence-corrected chi connectivity index (χ4v) is 2.49. The lowest BCUT2D eigenvalue weighted by Gasteiger charge is -2.16. The molecule has 0 saturated carbocycles. The summed E-state index contributed by atoms with van der Waals surface area (Å²) in [4.78, 5) is 0. The summed E-state index contributed by atoms with van der Waals surface area (Å²) in [6, 6.07) is 3.60. The van der Waals surface area contributed by atoms with Crippen molar-refractivity contribution < 1.29 is 14.2 Å². The van der Waals surface area contributed by atoms with Crippen LogP contribution in [0.5, 0.6) is 11.5 Å². The summed E-state index contributed by atoms with van der Waals surface area (Å²) in [5, 5.41) is 3.88. The number of ether oxygens (including phenoxy) is 3. The number of benzene rings is 1. The summed E-state index contributed by atoms with van der Waals surface area (Å²) in [5.74, 6) is 1.34. The van der Waals surface area contributed by atoms with Gasteiger partial charge in [0.05, 0.1) is 37.1 Å². The summed E-state index contributed by atoms with van der Waals surface area (Å²) in [6.07, 6.45) is 2.81. The van der Waals surface area contributed by atoms with Gasteiger partial charge in [-0.1, -0.05) is 11.6 Å². The first-order valence-electron chi connectivity index (χ1n) is 6.45. The summed E-state index contributed by atoms with van der Waals surface area (Å²) in [5.41, 5.74) is 0.868. The average Bonchev–Trinajstić information content (AvgIpc) is 2.82. The molecule has 106 valence electrons. The minimum absolute atomic E-state index is 0.251. The van der Waals surface area contributed by atoms with Crippen molar-refractivity contribution in [1.29, 1.82) is 0 Å². The molecule has 1 aromatic rings. The van der Waals surface area contributed by atoms with E-state index in [9.17, 15) is 0 Å². The van der Waals surface area contributed by atoms with Crippen LogP contribution in [0.1, 0.15) is 19.8 Å². The van der Waals surface area contributed by atoms with Crippen LogP contribution in [-0.2, 0) is 4.74 Å². The number of rotatable bonds is 5. The zero-order valence-corrected chi connectivity index (χ0v) is 12.3. The maximum atomic E-state index is 6.07. The van der Waals surface area contributed by atoms with Crippen molar-refractivity contribution in [2.45, 2.75) is 32.0 Å². The Morgan fingerprint density at radius 3 is 2.58 bits per heavy atom. The van der Waals surface area contributed by atoms with Crippen molar-refractivity contribution in [1.82, 2.24) is 0 Å². The zero-order chi connectivity index (χ0) is 13.8. The van der Waals surface area contributed by atoms with Gasteiger partial charge in [0.25, 0.3) is 0 Å². The second kappa shape index (κ2) is 6.35. The van der Waals surface area contributed by atoms with E-state index < -0.39 is 0 Å². The van der Waals surface area contributed by atoms with Gasteiger partial charge in [-0.15, -0.1) is 0 Å². The molecule has 0 spiro atoms. The molecule has 0 aromatic heterocycles. The van der Waals surface area contributed by atoms with Crippen molar-refractivity contribution in [3.63, 3.8) is 0 Å². The molecule has 1 aliphatic rings. The second-order valence-electron chi connectivity index (χ2n) is 4.71. The molecule has 2 atom stereocenters. The van der Waals surface area contributed by atoms with E-state index in [2.05, 4.69) is 12.2 Å². The van der Waals surface area contributed by atoms with Crippen LogP contribution >= 0.6 is 11.6 Å². The third kappa shape index (κ3) is 3.45. The molecule has 0 aliphatic carbocycles. The van der Waals surface area contributed by atoms with Crippen molar-refractivity contribution in [2.75, 3.05) is 26.1 Å². The quantitative estimate of drug-likeness (QED) is 0.901. The summed E-state index contributed by atoms with van der Waals surface area (Å²) >= 11 is 6.07. The Morgan fingerprint density at radius 2 is 2.00 bits per heavy atom. The maximum absolute atomic E-state index is 6.07. The highest BCUT2D eigenvalue weighted by Crippen LogP contribution is 2.36. The van der Waals surface area contributed by atoms with E-state index in [4.69, 9.17) is 25.8 Å². The SMILES string of the molecule is COc1cc(NCC2CCC(C)O2)c(OC)cc1Cl. The van der Waals surface area contributed by atoms with Gasteiger partial charge >= 0.3 is 0 Å². The van der Waals surface area contributed by atoms with Gasteiger partial charge in [0, 0.05) is 18.7 Å². The Hall–Kier alpha value is -1.13. The Bertz CT molecular complexity index is 439. The van der Waals surface area contributed by atoms with Crippen LogP contribution in [0.3, 0.4) is 0 Å². The number of hydrogen-bond acceptors (Lipinski definition) is 4. The highest BCUT2D eigenvalue weighted by molar-refractivity contribution is 6.32. The Labute approximate surface area is 119 Å². The Morgan fingerprint density at radius 1 is 1.26 bits per heavy atom. The highest BCUT2D eigenvalue weighted by Gasteiger charge is 2.22. The van der Waals surface area contributed by atoms with Crippen LogP contribution in [0.4, 0.5) is 5.69 Å². The fourth-order valence-electron chi connectivity index (χ4n) is 2.26. The first-order valence-corrected chi connectivity index (χ1v) is 6.82. The third-order valence-corrected chi connectivity index (χ3v) is 3.61. The fraction of sp³-hybridized carbons (Fsp3) is 0.571. The van der Waals surface area contributed by atoms with E-state index in [0.29, 0.717) is 22.6 Å². The summed E-state index contributed by atoms with van der Waals surface area (Å²) < 4.78 is 16.3. The maximum Gasteiger partial charge on any atom is 0.143 e. The van der Waals surface area contributed by atoms with Crippen LogP contribution in [0, 0.1) is 0 Å². The van der Waals surface area contributed by atoms with Crippen LogP contribution < -0.4 is 14.8 Å². The average molecular weight is 286 g/mol. The molecular weight excluding hydrogens is 266 g/mol. The standard InChI is InChI=1S/C14H20ClNO3/c1-9-4-5-10(19-9)8-16-12-7-13(17-2)11(15)6-14(12)18-3/h6-7,9-10,16H,4-5,8H2,1-3H3. The molecule has 0 amide bonds. The Kier molecular flexibility index (Phi) is 4.77. The van der Waals surface area contributed by atoms with Gasteiger partial charge in [-0.2, -0.15) is 0 Å². The lowest BCUT2D eigenvalue weighted by molar-refractivity contribution is 0.0636. The molecule has 1 aromatic carbocycles. The van der Waals surface area contributed by atoms with Gasteiger partial charge in [0.2, 0.25) is 0 Å². The molecule has 2 rings (SSSR count). The molecule has 1 aliphatic heterocycles. The molecule has 2 unspecified atom stereocenters. The number of hydrogen-bond donors (Lipinski definition) is 1. The largest absolute Gasteiger partial charge is 0.495 e. The first kappa shape index (κ1) is 14.3. The van der Waals surface area contributed by atoms with Gasteiger partial charge in [0.1, 0.15) is 11.5 Å². The molecule has 4 nitrogen and oxygen atoms in total. The Balaban J connectivity index is 2.05. The van der Waals surface area contributed by atoms with Crippen molar-refractivity contribution in [2.24, 2.45) is 0 Å². The van der Waals surface area contributed by atoms with Crippen LogP contribution in [0.25, 0.3) is 0 Å². The molecule has 19 heavy (non-hydrogen) atoms. The number of nitrogens with one attached hydrogen (secondary N) is 1. The molecule has 5 heteroatoms. The normalized spacial score (nSPS) is 22.3. The van der Waals surface area contributed by atoms with Crippen LogP contribution in [0.15, 0.2) is 12.1 Å². The number of halogens is 1. The van der Waals surface area contributed by atoms with E-state index >= 15 is 0 Å². The van der Waals surface area contributed by atoms with Crippen molar-refractivity contribution in [3.8, 4) is 11.5 Å². The topological polar surface area (TPSA) is 39.7 Å². The van der Waals surface area contributed by atoms with E-state index in [1.807, 2.05) is 6.07 Å². The molecule has 1 fully saturated rings. The molecule has 1 N–H and O–H groups in total. The van der Waals surface area contributed by atoms with Gasteiger partial charge < -0.3 is 19.5 Å². The molecule has 1 saturated heterocycles. The second-order valence-corrected chi connectivity index (χ2v) is 5.12. The molecular formula is C14H20ClNO3. The van der Waals surface area contributed by atoms with Gasteiger partial charge in [-0.3, -0.25) is 0 Å². The molecule has 1 heterocycles. The first-order chi connectivity index (χ1) is 9.13. The smallest absolute Gasteiger partial charge is 0.143 e. The van der Waals surface area contributed by atoms with Crippen molar-refractivity contribution in [3.05, 3.63) is 17.2 Å². The summed E-state index contributed by atoms with van der Waals surface area (Å²) in [6.45, 7) is 2.86. The molecule has 0 bridgehead atoms. The predicted octanol–water partition coefficient (Wildman–Crippen LogP) is 3.34. The van der Waals surface area contributed by atoms with Crippen LogP contribution in [-0.4, -0.2) is 33.0 Å². The zero-order valence-electron chi connectivity index (χ0n) is 11.5. The predicted molar refractivity (Wildman–Crippen MR) is 76.6 cm³/mol. The van der Waals surface area contributed by atoms with Crippen LogP contribution in [0.2, 0.25) is 5.02 Å². The highest BCUT2D eigenvalue weighted by atomic mass is 35.5. The van der Waals surface area contributed by atoms with Gasteiger partial charge in [-0.25, -0.2) is 0 Å². The van der Waals surface area contributed by atoms with E-state index in [-0.39, 0.29) is 6.10 Å².